The number of carbonyl (C=O) groups is 2. The summed E-state index contributed by atoms with van der Waals surface area (Å²) in [5.41, 5.74) is 5.12. The van der Waals surface area contributed by atoms with E-state index in [1.807, 2.05) is 45.0 Å². The van der Waals surface area contributed by atoms with Gasteiger partial charge in [0.1, 0.15) is 0 Å². The first-order valence-electron chi connectivity index (χ1n) is 7.93. The molecule has 0 atom stereocenters. The van der Waals surface area contributed by atoms with Crippen molar-refractivity contribution in [3.05, 3.63) is 74.1 Å². The predicted octanol–water partition coefficient (Wildman–Crippen LogP) is 5.50. The Balaban J connectivity index is 1.90. The Bertz CT molecular complexity index is 881. The average Bonchev–Trinajstić information content (AvgIpc) is 2.80. The summed E-state index contributed by atoms with van der Waals surface area (Å²) in [7, 11) is 0. The molecule has 0 bridgehead atoms. The van der Waals surface area contributed by atoms with Crippen LogP contribution in [0.25, 0.3) is 6.08 Å². The lowest BCUT2D eigenvalue weighted by atomic mass is 9.99. The molecule has 2 amide bonds. The number of hydrogen-bond acceptors (Lipinski definition) is 3. The third kappa shape index (κ3) is 3.65. The van der Waals surface area contributed by atoms with Crippen molar-refractivity contribution in [2.24, 2.45) is 0 Å². The lowest BCUT2D eigenvalue weighted by Crippen LogP contribution is -2.27. The zero-order valence-corrected chi connectivity index (χ0v) is 15.9. The summed E-state index contributed by atoms with van der Waals surface area (Å²) in [5.74, 6) is -0.269. The fraction of sp³-hybridized carbons (Fsp3) is 0.200. The van der Waals surface area contributed by atoms with Gasteiger partial charge < -0.3 is 0 Å². The maximum atomic E-state index is 12.7. The zero-order valence-electron chi connectivity index (χ0n) is 14.3. The molecule has 1 aliphatic heterocycles. The number of rotatable bonds is 3. The van der Waals surface area contributed by atoms with E-state index in [2.05, 4.69) is 12.1 Å². The second kappa shape index (κ2) is 7.06. The van der Waals surface area contributed by atoms with E-state index in [0.29, 0.717) is 9.93 Å². The van der Waals surface area contributed by atoms with Crippen molar-refractivity contribution in [1.29, 1.82) is 0 Å². The Morgan fingerprint density at radius 1 is 1.08 bits per heavy atom. The third-order valence-electron chi connectivity index (χ3n) is 4.17. The lowest BCUT2D eigenvalue weighted by Gasteiger charge is -2.13. The molecule has 0 aliphatic carbocycles. The van der Waals surface area contributed by atoms with Gasteiger partial charge in [-0.3, -0.25) is 14.5 Å². The maximum absolute atomic E-state index is 12.7. The molecule has 1 fully saturated rings. The van der Waals surface area contributed by atoms with Crippen LogP contribution < -0.4 is 0 Å². The smallest absolute Gasteiger partial charge is 0.268 e. The summed E-state index contributed by atoms with van der Waals surface area (Å²) in [6.07, 6.45) is 1.82. The van der Waals surface area contributed by atoms with E-state index in [-0.39, 0.29) is 17.7 Å². The number of hydrogen-bond donors (Lipinski definition) is 0. The SMILES string of the molecule is Cc1cc(C)c(/C=C2\SC(=O)N(Cc3ccccc3Cl)C2=O)c(C)c1. The molecule has 0 aromatic heterocycles. The second-order valence-electron chi connectivity index (χ2n) is 6.17. The first kappa shape index (κ1) is 17.8. The molecule has 2 aromatic carbocycles. The van der Waals surface area contributed by atoms with Crippen LogP contribution in [-0.4, -0.2) is 16.0 Å². The van der Waals surface area contributed by atoms with Crippen molar-refractivity contribution in [2.75, 3.05) is 0 Å². The normalized spacial score (nSPS) is 16.2. The van der Waals surface area contributed by atoms with E-state index in [4.69, 9.17) is 11.6 Å². The summed E-state index contributed by atoms with van der Waals surface area (Å²) in [5, 5.41) is 0.286. The minimum atomic E-state index is -0.269. The summed E-state index contributed by atoms with van der Waals surface area (Å²) >= 11 is 7.13. The average molecular weight is 372 g/mol. The predicted molar refractivity (Wildman–Crippen MR) is 104 cm³/mol. The van der Waals surface area contributed by atoms with Crippen molar-refractivity contribution in [2.45, 2.75) is 27.3 Å². The van der Waals surface area contributed by atoms with Crippen molar-refractivity contribution >= 4 is 40.6 Å². The number of imide groups is 1. The molecule has 0 radical (unpaired) electrons. The number of aryl methyl sites for hydroxylation is 3. The van der Waals surface area contributed by atoms with Gasteiger partial charge in [-0.2, -0.15) is 0 Å². The molecule has 1 heterocycles. The molecule has 3 nitrogen and oxygen atoms in total. The molecule has 128 valence electrons. The first-order chi connectivity index (χ1) is 11.9. The number of benzene rings is 2. The van der Waals surface area contributed by atoms with Crippen LogP contribution in [0.2, 0.25) is 5.02 Å². The molecule has 0 saturated carbocycles. The molecule has 2 aromatic rings. The topological polar surface area (TPSA) is 37.4 Å². The highest BCUT2D eigenvalue weighted by Crippen LogP contribution is 2.35. The maximum Gasteiger partial charge on any atom is 0.293 e. The number of carbonyl (C=O) groups excluding carboxylic acids is 2. The fourth-order valence-electron chi connectivity index (χ4n) is 2.98. The fourth-order valence-corrected chi connectivity index (χ4v) is 4.00. The van der Waals surface area contributed by atoms with Crippen molar-refractivity contribution < 1.29 is 9.59 Å². The van der Waals surface area contributed by atoms with Gasteiger partial charge in [0.15, 0.2) is 0 Å². The van der Waals surface area contributed by atoms with E-state index < -0.39 is 0 Å². The van der Waals surface area contributed by atoms with E-state index >= 15 is 0 Å². The van der Waals surface area contributed by atoms with E-state index in [9.17, 15) is 9.59 Å². The molecule has 5 heteroatoms. The van der Waals surface area contributed by atoms with Crippen LogP contribution in [0.3, 0.4) is 0 Å². The van der Waals surface area contributed by atoms with Crippen molar-refractivity contribution in [3.8, 4) is 0 Å². The van der Waals surface area contributed by atoms with Crippen molar-refractivity contribution in [1.82, 2.24) is 4.90 Å². The van der Waals surface area contributed by atoms with Gasteiger partial charge in [0.05, 0.1) is 11.4 Å². The third-order valence-corrected chi connectivity index (χ3v) is 5.45. The largest absolute Gasteiger partial charge is 0.293 e. The molecule has 0 spiro atoms. The molecule has 25 heavy (non-hydrogen) atoms. The van der Waals surface area contributed by atoms with Gasteiger partial charge in [-0.15, -0.1) is 0 Å². The Morgan fingerprint density at radius 2 is 1.72 bits per heavy atom. The number of thioether (sulfide) groups is 1. The Morgan fingerprint density at radius 3 is 2.36 bits per heavy atom. The minimum Gasteiger partial charge on any atom is -0.268 e. The van der Waals surface area contributed by atoms with Crippen LogP contribution >= 0.6 is 23.4 Å². The van der Waals surface area contributed by atoms with Gasteiger partial charge in [0, 0.05) is 5.02 Å². The highest BCUT2D eigenvalue weighted by molar-refractivity contribution is 8.18. The minimum absolute atomic E-state index is 0.188. The zero-order chi connectivity index (χ0) is 18.1. The molecule has 0 unspecified atom stereocenters. The van der Waals surface area contributed by atoms with Gasteiger partial charge in [-0.05, 0) is 66.9 Å². The summed E-state index contributed by atoms with van der Waals surface area (Å²) < 4.78 is 0. The monoisotopic (exact) mass is 371 g/mol. The van der Waals surface area contributed by atoms with E-state index in [1.54, 1.807) is 6.07 Å². The Hall–Kier alpha value is -2.04. The van der Waals surface area contributed by atoms with Crippen molar-refractivity contribution in [3.63, 3.8) is 0 Å². The van der Waals surface area contributed by atoms with Gasteiger partial charge in [-0.25, -0.2) is 0 Å². The highest BCUT2D eigenvalue weighted by Gasteiger charge is 2.35. The van der Waals surface area contributed by atoms with E-state index in [0.717, 1.165) is 34.0 Å². The molecular weight excluding hydrogens is 354 g/mol. The van der Waals surface area contributed by atoms with Gasteiger partial charge in [-0.1, -0.05) is 47.5 Å². The van der Waals surface area contributed by atoms with Crippen LogP contribution in [0.5, 0.6) is 0 Å². The Labute approximate surface area is 156 Å². The number of nitrogens with zero attached hydrogens (tertiary/aromatic N) is 1. The molecule has 3 rings (SSSR count). The van der Waals surface area contributed by atoms with Crippen LogP contribution in [0.1, 0.15) is 27.8 Å². The summed E-state index contributed by atoms with van der Waals surface area (Å²) in [6.45, 7) is 6.26. The molecule has 1 saturated heterocycles. The number of halogens is 1. The molecular formula is C20H18ClNO2S. The van der Waals surface area contributed by atoms with Crippen LogP contribution in [0.15, 0.2) is 41.3 Å². The molecule has 1 aliphatic rings. The summed E-state index contributed by atoms with van der Waals surface area (Å²) in [4.78, 5) is 26.7. The van der Waals surface area contributed by atoms with Gasteiger partial charge in [0.25, 0.3) is 11.1 Å². The van der Waals surface area contributed by atoms with Crippen LogP contribution in [0, 0.1) is 20.8 Å². The second-order valence-corrected chi connectivity index (χ2v) is 7.57. The first-order valence-corrected chi connectivity index (χ1v) is 9.13. The molecule has 0 N–H and O–H groups in total. The quantitative estimate of drug-likeness (QED) is 0.668. The summed E-state index contributed by atoms with van der Waals surface area (Å²) in [6, 6.07) is 11.4. The Kier molecular flexibility index (Phi) is 5.02. The van der Waals surface area contributed by atoms with Gasteiger partial charge in [0.2, 0.25) is 0 Å². The highest BCUT2D eigenvalue weighted by atomic mass is 35.5. The van der Waals surface area contributed by atoms with Crippen LogP contribution in [0.4, 0.5) is 4.79 Å². The van der Waals surface area contributed by atoms with Crippen LogP contribution in [-0.2, 0) is 11.3 Å². The van der Waals surface area contributed by atoms with E-state index in [1.165, 1.54) is 10.5 Å². The number of amides is 2. The standard InChI is InChI=1S/C20H18ClNO2S/c1-12-8-13(2)16(14(3)9-12)10-18-19(23)22(20(24)25-18)11-15-6-4-5-7-17(15)21/h4-10H,11H2,1-3H3/b18-10-. The van der Waals surface area contributed by atoms with Gasteiger partial charge >= 0.3 is 0 Å². The lowest BCUT2D eigenvalue weighted by molar-refractivity contribution is -0.123.